The van der Waals surface area contributed by atoms with Gasteiger partial charge in [0.15, 0.2) is 0 Å². The summed E-state index contributed by atoms with van der Waals surface area (Å²) in [5.74, 6) is 0.973. The molecule has 0 amide bonds. The summed E-state index contributed by atoms with van der Waals surface area (Å²) in [4.78, 5) is 0. The minimum absolute atomic E-state index is 0.973. The van der Waals surface area contributed by atoms with Gasteiger partial charge >= 0.3 is 0 Å². The van der Waals surface area contributed by atoms with Gasteiger partial charge in [-0.05, 0) is 25.4 Å². The molecule has 1 aliphatic rings. The van der Waals surface area contributed by atoms with E-state index in [0.717, 1.165) is 5.92 Å². The highest BCUT2D eigenvalue weighted by Crippen LogP contribution is 2.09. The zero-order valence-corrected chi connectivity index (χ0v) is 6.44. The van der Waals surface area contributed by atoms with Crippen LogP contribution in [0.3, 0.4) is 0 Å². The number of nitrogens with one attached hydrogen (secondary N) is 1. The predicted octanol–water partition coefficient (Wildman–Crippen LogP) is 1.03. The quantitative estimate of drug-likeness (QED) is 0.504. The zero-order valence-electron chi connectivity index (χ0n) is 4.28. The lowest BCUT2D eigenvalue weighted by Gasteiger charge is -1.97. The van der Waals surface area contributed by atoms with Crippen LogP contribution in [-0.2, 0) is 0 Å². The van der Waals surface area contributed by atoms with Crippen LogP contribution >= 0.6 is 22.6 Å². The predicted molar refractivity (Wildman–Crippen MR) is 39.9 cm³/mol. The SMILES string of the molecule is ICC1CCNC1. The fourth-order valence-corrected chi connectivity index (χ4v) is 1.60. The molecule has 1 aliphatic heterocycles. The van der Waals surface area contributed by atoms with E-state index in [2.05, 4.69) is 27.9 Å². The molecule has 1 fully saturated rings. The van der Waals surface area contributed by atoms with Crippen LogP contribution in [0.15, 0.2) is 0 Å². The third kappa shape index (κ3) is 1.57. The second-order valence-electron chi connectivity index (χ2n) is 2.01. The van der Waals surface area contributed by atoms with Crippen molar-refractivity contribution in [2.45, 2.75) is 6.42 Å². The number of hydrogen-bond donors (Lipinski definition) is 1. The third-order valence-corrected chi connectivity index (χ3v) is 2.63. The molecule has 0 spiro atoms. The zero-order chi connectivity index (χ0) is 5.11. The molecule has 1 heterocycles. The van der Waals surface area contributed by atoms with Crippen LogP contribution in [0.5, 0.6) is 0 Å². The number of alkyl halides is 1. The summed E-state index contributed by atoms with van der Waals surface area (Å²) >= 11 is 2.45. The monoisotopic (exact) mass is 211 g/mol. The molecule has 1 unspecified atom stereocenters. The summed E-state index contributed by atoms with van der Waals surface area (Å²) in [6.45, 7) is 2.50. The highest BCUT2D eigenvalue weighted by molar-refractivity contribution is 14.1. The summed E-state index contributed by atoms with van der Waals surface area (Å²) < 4.78 is 1.32. The van der Waals surface area contributed by atoms with E-state index in [9.17, 15) is 0 Å². The highest BCUT2D eigenvalue weighted by Gasteiger charge is 2.11. The van der Waals surface area contributed by atoms with Gasteiger partial charge in [-0.3, -0.25) is 0 Å². The Hall–Kier alpha value is 0.690. The summed E-state index contributed by atoms with van der Waals surface area (Å²) in [6.07, 6.45) is 1.39. The largest absolute Gasteiger partial charge is 0.316 e. The van der Waals surface area contributed by atoms with Crippen LogP contribution in [0.4, 0.5) is 0 Å². The Kier molecular flexibility index (Phi) is 2.38. The maximum absolute atomic E-state index is 3.32. The van der Waals surface area contributed by atoms with Crippen LogP contribution < -0.4 is 5.32 Å². The molecule has 0 saturated carbocycles. The smallest absolute Gasteiger partial charge is 0.00362 e. The first-order valence-electron chi connectivity index (χ1n) is 2.70. The summed E-state index contributed by atoms with van der Waals surface area (Å²) in [7, 11) is 0. The maximum atomic E-state index is 3.32. The second kappa shape index (κ2) is 2.87. The molecule has 1 rings (SSSR count). The van der Waals surface area contributed by atoms with Gasteiger partial charge in [-0.15, -0.1) is 0 Å². The van der Waals surface area contributed by atoms with E-state index in [1.807, 2.05) is 0 Å². The Balaban J connectivity index is 2.14. The minimum atomic E-state index is 0.973. The molecule has 0 aromatic carbocycles. The van der Waals surface area contributed by atoms with E-state index < -0.39 is 0 Å². The summed E-state index contributed by atoms with van der Waals surface area (Å²) in [6, 6.07) is 0. The van der Waals surface area contributed by atoms with Gasteiger partial charge in [-0.25, -0.2) is 0 Å². The van der Waals surface area contributed by atoms with E-state index in [0.29, 0.717) is 0 Å². The Morgan fingerprint density at radius 1 is 1.71 bits per heavy atom. The maximum Gasteiger partial charge on any atom is 0.00362 e. The van der Waals surface area contributed by atoms with Crippen molar-refractivity contribution in [1.82, 2.24) is 5.32 Å². The Morgan fingerprint density at radius 3 is 2.86 bits per heavy atom. The van der Waals surface area contributed by atoms with Crippen LogP contribution in [0, 0.1) is 5.92 Å². The first-order chi connectivity index (χ1) is 3.43. The molecule has 7 heavy (non-hydrogen) atoms. The number of rotatable bonds is 1. The van der Waals surface area contributed by atoms with Crippen LogP contribution in [0.2, 0.25) is 0 Å². The average molecular weight is 211 g/mol. The van der Waals surface area contributed by atoms with Crippen molar-refractivity contribution in [3.05, 3.63) is 0 Å². The van der Waals surface area contributed by atoms with Crippen molar-refractivity contribution in [1.29, 1.82) is 0 Å². The average Bonchev–Trinajstić information content (AvgIpc) is 2.14. The molecule has 1 nitrogen and oxygen atoms in total. The second-order valence-corrected chi connectivity index (χ2v) is 2.89. The van der Waals surface area contributed by atoms with Gasteiger partial charge < -0.3 is 5.32 Å². The van der Waals surface area contributed by atoms with Crippen molar-refractivity contribution >= 4 is 22.6 Å². The molecule has 2 heteroatoms. The highest BCUT2D eigenvalue weighted by atomic mass is 127. The van der Waals surface area contributed by atoms with Gasteiger partial charge in [0.2, 0.25) is 0 Å². The first kappa shape index (κ1) is 5.82. The van der Waals surface area contributed by atoms with Gasteiger partial charge in [0.05, 0.1) is 0 Å². The van der Waals surface area contributed by atoms with E-state index in [4.69, 9.17) is 0 Å². The lowest BCUT2D eigenvalue weighted by molar-refractivity contribution is 0.673. The molecule has 42 valence electrons. The molecule has 0 aromatic rings. The lowest BCUT2D eigenvalue weighted by Crippen LogP contribution is -2.09. The standard InChI is InChI=1S/C5H10IN/c6-3-5-1-2-7-4-5/h5,7H,1-4H2. The van der Waals surface area contributed by atoms with Crippen molar-refractivity contribution in [3.8, 4) is 0 Å². The van der Waals surface area contributed by atoms with Crippen LogP contribution in [0.25, 0.3) is 0 Å². The topological polar surface area (TPSA) is 12.0 Å². The molecule has 1 N–H and O–H groups in total. The van der Waals surface area contributed by atoms with Gasteiger partial charge in [0, 0.05) is 4.43 Å². The van der Waals surface area contributed by atoms with E-state index in [1.54, 1.807) is 0 Å². The molecule has 0 aliphatic carbocycles. The Morgan fingerprint density at radius 2 is 2.57 bits per heavy atom. The van der Waals surface area contributed by atoms with Gasteiger partial charge in [-0.1, -0.05) is 22.6 Å². The molecule has 0 radical (unpaired) electrons. The molecular formula is C5H10IN. The van der Waals surface area contributed by atoms with E-state index in [1.165, 1.54) is 23.9 Å². The van der Waals surface area contributed by atoms with Crippen molar-refractivity contribution in [3.63, 3.8) is 0 Å². The normalized spacial score (nSPS) is 31.3. The van der Waals surface area contributed by atoms with Gasteiger partial charge in [0.25, 0.3) is 0 Å². The molecule has 1 atom stereocenters. The number of hydrogen-bond acceptors (Lipinski definition) is 1. The Bertz CT molecular complexity index is 50.0. The van der Waals surface area contributed by atoms with Crippen LogP contribution in [0.1, 0.15) is 6.42 Å². The van der Waals surface area contributed by atoms with E-state index >= 15 is 0 Å². The first-order valence-corrected chi connectivity index (χ1v) is 4.22. The van der Waals surface area contributed by atoms with Crippen molar-refractivity contribution in [2.24, 2.45) is 5.92 Å². The fraction of sp³-hybridized carbons (Fsp3) is 1.00. The van der Waals surface area contributed by atoms with Gasteiger partial charge in [-0.2, -0.15) is 0 Å². The minimum Gasteiger partial charge on any atom is -0.316 e. The lowest BCUT2D eigenvalue weighted by atomic mass is 10.2. The summed E-state index contributed by atoms with van der Waals surface area (Å²) in [5.41, 5.74) is 0. The molecular weight excluding hydrogens is 201 g/mol. The fourth-order valence-electron chi connectivity index (χ4n) is 0.846. The molecule has 1 saturated heterocycles. The molecule has 0 bridgehead atoms. The van der Waals surface area contributed by atoms with Gasteiger partial charge in [0.1, 0.15) is 0 Å². The number of halogens is 1. The third-order valence-electron chi connectivity index (χ3n) is 1.38. The molecule has 0 aromatic heterocycles. The summed E-state index contributed by atoms with van der Waals surface area (Å²) in [5, 5.41) is 3.32. The van der Waals surface area contributed by atoms with Crippen LogP contribution in [-0.4, -0.2) is 17.5 Å². The van der Waals surface area contributed by atoms with Crippen molar-refractivity contribution in [2.75, 3.05) is 17.5 Å². The van der Waals surface area contributed by atoms with Crippen molar-refractivity contribution < 1.29 is 0 Å². The van der Waals surface area contributed by atoms with E-state index in [-0.39, 0.29) is 0 Å². The Labute approximate surface area is 58.0 Å².